The zero-order valence-electron chi connectivity index (χ0n) is 14.4. The van der Waals surface area contributed by atoms with Crippen LogP contribution in [0.15, 0.2) is 36.4 Å². The van der Waals surface area contributed by atoms with Crippen LogP contribution in [0.3, 0.4) is 0 Å². The van der Waals surface area contributed by atoms with Crippen molar-refractivity contribution in [2.75, 3.05) is 18.0 Å². The number of rotatable bonds is 3. The van der Waals surface area contributed by atoms with E-state index >= 15 is 0 Å². The summed E-state index contributed by atoms with van der Waals surface area (Å²) < 4.78 is 43.1. The largest absolute Gasteiger partial charge is 0.340 e. The summed E-state index contributed by atoms with van der Waals surface area (Å²) in [6.07, 6.45) is -0.786. The Bertz CT molecular complexity index is 990. The molecular formula is C19H18ClF3N4. The summed E-state index contributed by atoms with van der Waals surface area (Å²) in [6, 6.07) is 8.85. The van der Waals surface area contributed by atoms with Crippen LogP contribution in [0, 0.1) is 11.6 Å². The van der Waals surface area contributed by atoms with Crippen molar-refractivity contribution >= 4 is 28.6 Å². The van der Waals surface area contributed by atoms with Gasteiger partial charge in [-0.25, -0.2) is 18.2 Å². The number of nitrogens with zero attached hydrogens (tertiary/aromatic N) is 3. The second kappa shape index (κ2) is 7.05. The zero-order valence-corrected chi connectivity index (χ0v) is 15.1. The summed E-state index contributed by atoms with van der Waals surface area (Å²) in [5, 5.41) is 0.580. The van der Waals surface area contributed by atoms with Crippen molar-refractivity contribution in [1.82, 2.24) is 9.55 Å². The van der Waals surface area contributed by atoms with Crippen molar-refractivity contribution in [2.45, 2.75) is 25.2 Å². The molecule has 0 saturated carbocycles. The Kier molecular flexibility index (Phi) is 4.74. The molecule has 8 heteroatoms. The Morgan fingerprint density at radius 3 is 2.70 bits per heavy atom. The highest BCUT2D eigenvalue weighted by Crippen LogP contribution is 2.28. The van der Waals surface area contributed by atoms with Crippen molar-refractivity contribution < 1.29 is 13.2 Å². The molecule has 1 aliphatic rings. The number of alkyl halides is 1. The molecule has 0 unspecified atom stereocenters. The molecular weight excluding hydrogens is 377 g/mol. The minimum atomic E-state index is -1.07. The summed E-state index contributed by atoms with van der Waals surface area (Å²) >= 11 is 6.07. The van der Waals surface area contributed by atoms with Crippen LogP contribution < -0.4 is 10.6 Å². The number of hydrogen-bond acceptors (Lipinski definition) is 3. The zero-order chi connectivity index (χ0) is 19.1. The van der Waals surface area contributed by atoms with E-state index in [0.29, 0.717) is 35.1 Å². The molecule has 0 amide bonds. The summed E-state index contributed by atoms with van der Waals surface area (Å²) in [7, 11) is 0. The molecule has 4 nitrogen and oxygen atoms in total. The molecule has 1 aliphatic heterocycles. The first-order chi connectivity index (χ1) is 12.9. The molecule has 0 bridgehead atoms. The third-order valence-electron chi connectivity index (χ3n) is 4.85. The number of aromatic nitrogens is 2. The van der Waals surface area contributed by atoms with Gasteiger partial charge in [-0.05, 0) is 24.1 Å². The van der Waals surface area contributed by atoms with Gasteiger partial charge < -0.3 is 15.2 Å². The molecule has 0 aliphatic carbocycles. The summed E-state index contributed by atoms with van der Waals surface area (Å²) in [5.41, 5.74) is 7.56. The number of benzene rings is 2. The quantitative estimate of drug-likeness (QED) is 0.733. The van der Waals surface area contributed by atoms with Gasteiger partial charge in [-0.1, -0.05) is 23.7 Å². The van der Waals surface area contributed by atoms with E-state index in [1.165, 1.54) is 0 Å². The third kappa shape index (κ3) is 3.49. The van der Waals surface area contributed by atoms with E-state index in [1.54, 1.807) is 16.7 Å². The van der Waals surface area contributed by atoms with Crippen LogP contribution in [0.2, 0.25) is 5.02 Å². The van der Waals surface area contributed by atoms with E-state index in [9.17, 15) is 13.2 Å². The van der Waals surface area contributed by atoms with E-state index in [2.05, 4.69) is 4.98 Å². The Balaban J connectivity index is 1.81. The van der Waals surface area contributed by atoms with Crippen LogP contribution in [0.1, 0.15) is 12.0 Å². The fraction of sp³-hybridized carbons (Fsp3) is 0.316. The first kappa shape index (κ1) is 18.1. The molecule has 0 radical (unpaired) electrons. The molecule has 2 N–H and O–H groups in total. The first-order valence-corrected chi connectivity index (χ1v) is 9.04. The maximum atomic E-state index is 13.9. The van der Waals surface area contributed by atoms with Crippen LogP contribution in [0.5, 0.6) is 0 Å². The molecule has 3 aromatic rings. The average molecular weight is 395 g/mol. The smallest absolute Gasteiger partial charge is 0.206 e. The molecule has 2 aromatic carbocycles. The van der Waals surface area contributed by atoms with Crippen molar-refractivity contribution in [3.63, 3.8) is 0 Å². The van der Waals surface area contributed by atoms with Crippen LogP contribution in [0.4, 0.5) is 19.1 Å². The minimum absolute atomic E-state index is 0.282. The number of halogens is 4. The lowest BCUT2D eigenvalue weighted by atomic mass is 10.1. The van der Waals surface area contributed by atoms with Gasteiger partial charge >= 0.3 is 0 Å². The number of hydrogen-bond donors (Lipinski definition) is 1. The van der Waals surface area contributed by atoms with Crippen molar-refractivity contribution in [3.05, 3.63) is 58.6 Å². The second-order valence-electron chi connectivity index (χ2n) is 6.80. The second-order valence-corrected chi connectivity index (χ2v) is 7.23. The Morgan fingerprint density at radius 1 is 1.19 bits per heavy atom. The van der Waals surface area contributed by atoms with Gasteiger partial charge in [-0.2, -0.15) is 0 Å². The van der Waals surface area contributed by atoms with Gasteiger partial charge in [0.2, 0.25) is 5.95 Å². The number of nitrogens with two attached hydrogens (primary N) is 1. The summed E-state index contributed by atoms with van der Waals surface area (Å²) in [6.45, 7) is 1.08. The third-order valence-corrected chi connectivity index (χ3v) is 5.09. The fourth-order valence-corrected chi connectivity index (χ4v) is 3.67. The lowest BCUT2D eigenvalue weighted by Gasteiger charge is -2.34. The van der Waals surface area contributed by atoms with E-state index in [0.717, 1.165) is 17.7 Å². The molecule has 2 atom stereocenters. The Morgan fingerprint density at radius 2 is 1.96 bits per heavy atom. The van der Waals surface area contributed by atoms with Gasteiger partial charge in [0.05, 0.1) is 23.6 Å². The highest BCUT2D eigenvalue weighted by Gasteiger charge is 2.29. The summed E-state index contributed by atoms with van der Waals surface area (Å²) in [5.74, 6) is -1.39. The van der Waals surface area contributed by atoms with E-state index in [-0.39, 0.29) is 13.0 Å². The van der Waals surface area contributed by atoms with Crippen LogP contribution >= 0.6 is 11.6 Å². The molecule has 27 heavy (non-hydrogen) atoms. The monoisotopic (exact) mass is 394 g/mol. The molecule has 1 fully saturated rings. The van der Waals surface area contributed by atoms with Crippen molar-refractivity contribution in [1.29, 1.82) is 0 Å². The predicted molar refractivity (Wildman–Crippen MR) is 99.9 cm³/mol. The topological polar surface area (TPSA) is 47.1 Å². The summed E-state index contributed by atoms with van der Waals surface area (Å²) in [4.78, 5) is 6.35. The molecule has 142 valence electrons. The number of fused-ring (bicyclic) bond motifs is 1. The molecule has 4 rings (SSSR count). The number of imidazole rings is 1. The van der Waals surface area contributed by atoms with Gasteiger partial charge in [-0.15, -0.1) is 0 Å². The van der Waals surface area contributed by atoms with Gasteiger partial charge in [0.1, 0.15) is 6.17 Å². The van der Waals surface area contributed by atoms with Crippen LogP contribution in [-0.2, 0) is 6.54 Å². The van der Waals surface area contributed by atoms with Gasteiger partial charge in [0, 0.05) is 30.2 Å². The Hall–Kier alpha value is -2.25. The average Bonchev–Trinajstić information content (AvgIpc) is 2.95. The predicted octanol–water partition coefficient (Wildman–Crippen LogP) is 3.89. The van der Waals surface area contributed by atoms with E-state index < -0.39 is 23.8 Å². The maximum Gasteiger partial charge on any atom is 0.206 e. The first-order valence-electron chi connectivity index (χ1n) is 8.66. The maximum absolute atomic E-state index is 13.9. The van der Waals surface area contributed by atoms with Crippen molar-refractivity contribution in [2.24, 2.45) is 5.73 Å². The Labute approximate surface area is 159 Å². The lowest BCUT2D eigenvalue weighted by molar-refractivity contribution is 0.243. The number of anilines is 1. The van der Waals surface area contributed by atoms with Crippen LogP contribution in [-0.4, -0.2) is 34.9 Å². The molecule has 2 heterocycles. The molecule has 0 spiro atoms. The SMILES string of the molecule is N[C@@H]1CN(c2nc3cc(F)c(F)cc3n2Cc2cccc(Cl)c2)CC[C@H]1F. The van der Waals surface area contributed by atoms with Gasteiger partial charge in [0.15, 0.2) is 11.6 Å². The van der Waals surface area contributed by atoms with E-state index in [1.807, 2.05) is 17.0 Å². The minimum Gasteiger partial charge on any atom is -0.340 e. The van der Waals surface area contributed by atoms with Gasteiger partial charge in [0.25, 0.3) is 0 Å². The van der Waals surface area contributed by atoms with Gasteiger partial charge in [-0.3, -0.25) is 0 Å². The van der Waals surface area contributed by atoms with Crippen LogP contribution in [0.25, 0.3) is 11.0 Å². The molecule has 1 saturated heterocycles. The fourth-order valence-electron chi connectivity index (χ4n) is 3.46. The van der Waals surface area contributed by atoms with E-state index in [4.69, 9.17) is 17.3 Å². The highest BCUT2D eigenvalue weighted by atomic mass is 35.5. The van der Waals surface area contributed by atoms with Crippen molar-refractivity contribution in [3.8, 4) is 0 Å². The molecule has 1 aromatic heterocycles. The highest BCUT2D eigenvalue weighted by molar-refractivity contribution is 6.30. The normalized spacial score (nSPS) is 20.4. The number of piperidine rings is 1. The standard InChI is InChI=1S/C19H18ClF3N4/c20-12-3-1-2-11(6-12)9-27-18-8-15(23)14(22)7-17(18)25-19(27)26-5-4-13(21)16(24)10-26/h1-3,6-8,13,16H,4-5,9-10,24H2/t13-,16-/m1/s1. The lowest BCUT2D eigenvalue weighted by Crippen LogP contribution is -2.50.